The molecule has 1 aliphatic heterocycles. The number of tetrazole rings is 1. The number of hydrogen-bond acceptors (Lipinski definition) is 10. The van der Waals surface area contributed by atoms with E-state index in [0.29, 0.717) is 11.5 Å². The number of nitrogens with zero attached hydrogens (tertiary/aromatic N) is 7. The van der Waals surface area contributed by atoms with Crippen LogP contribution in [0.1, 0.15) is 9.67 Å². The second kappa shape index (κ2) is 7.76. The highest BCUT2D eigenvalue weighted by atomic mass is 32.1. The Kier molecular flexibility index (Phi) is 4.99. The topological polar surface area (TPSA) is 117 Å². The van der Waals surface area contributed by atoms with Crippen molar-refractivity contribution in [2.45, 2.75) is 0 Å². The van der Waals surface area contributed by atoms with Gasteiger partial charge in [0.2, 0.25) is 5.78 Å². The van der Waals surface area contributed by atoms with Crippen LogP contribution >= 0.6 is 11.3 Å². The zero-order chi connectivity index (χ0) is 21.3. The fourth-order valence-electron chi connectivity index (χ4n) is 3.23. The molecule has 0 bridgehead atoms. The van der Waals surface area contributed by atoms with Gasteiger partial charge in [-0.2, -0.15) is 9.94 Å². The van der Waals surface area contributed by atoms with Crippen LogP contribution in [0.5, 0.6) is 0 Å². The van der Waals surface area contributed by atoms with E-state index >= 15 is 0 Å². The van der Waals surface area contributed by atoms with Crippen molar-refractivity contribution >= 4 is 34.5 Å². The third kappa shape index (κ3) is 3.19. The van der Waals surface area contributed by atoms with Gasteiger partial charge in [0, 0.05) is 14.1 Å². The number of nitriles is 1. The average molecular weight is 421 g/mol. The number of anilines is 2. The lowest BCUT2D eigenvalue weighted by atomic mass is 10.2. The minimum absolute atomic E-state index is 0.0871. The van der Waals surface area contributed by atoms with Crippen molar-refractivity contribution in [3.05, 3.63) is 58.3 Å². The number of benzene rings is 1. The monoisotopic (exact) mass is 421 g/mol. The first-order valence-electron chi connectivity index (χ1n) is 8.75. The van der Waals surface area contributed by atoms with E-state index in [1.807, 2.05) is 30.3 Å². The maximum atomic E-state index is 12.7. The summed E-state index contributed by atoms with van der Waals surface area (Å²) in [5.41, 5.74) is 2.11. The number of carbonyl (C=O) groups is 2. The number of rotatable bonds is 5. The minimum atomic E-state index is -0.692. The highest BCUT2D eigenvalue weighted by molar-refractivity contribution is 7.12. The van der Waals surface area contributed by atoms with Gasteiger partial charge in [0.15, 0.2) is 6.61 Å². The molecule has 0 unspecified atom stereocenters. The predicted molar refractivity (Wildman–Crippen MR) is 108 cm³/mol. The van der Waals surface area contributed by atoms with Gasteiger partial charge in [0.1, 0.15) is 28.7 Å². The fourth-order valence-corrected chi connectivity index (χ4v) is 4.00. The number of para-hydroxylation sites is 2. The van der Waals surface area contributed by atoms with E-state index in [1.54, 1.807) is 35.3 Å². The Balaban J connectivity index is 1.53. The van der Waals surface area contributed by atoms with Crippen LogP contribution in [0.25, 0.3) is 5.69 Å². The summed E-state index contributed by atoms with van der Waals surface area (Å²) in [5, 5.41) is 22.2. The molecule has 10 nitrogen and oxygen atoms in total. The highest BCUT2D eigenvalue weighted by Crippen LogP contribution is 2.40. The van der Waals surface area contributed by atoms with Crippen molar-refractivity contribution in [3.63, 3.8) is 0 Å². The first kappa shape index (κ1) is 19.3. The zero-order valence-electron chi connectivity index (χ0n) is 16.0. The molecule has 0 radical (unpaired) electrons. The van der Waals surface area contributed by atoms with Crippen LogP contribution in [0, 0.1) is 11.3 Å². The predicted octanol–water partition coefficient (Wildman–Crippen LogP) is 1.77. The first-order valence-corrected chi connectivity index (χ1v) is 9.63. The van der Waals surface area contributed by atoms with Gasteiger partial charge in [0.25, 0.3) is 0 Å². The van der Waals surface area contributed by atoms with Crippen LogP contribution in [-0.4, -0.2) is 52.7 Å². The average Bonchev–Trinajstić information content (AvgIpc) is 3.49. The van der Waals surface area contributed by atoms with E-state index in [9.17, 15) is 14.9 Å². The molecule has 4 rings (SSSR count). The first-order chi connectivity index (χ1) is 14.5. The SMILES string of the molecule is CN1C(=C(C#N)C(=O)COC(=O)c2sccc2-n2cnnn2)N(C)c2ccccc21. The molecule has 0 saturated heterocycles. The molecule has 0 spiro atoms. The number of Topliss-reactive ketones (excluding diaryl/α,β-unsaturated/α-hetero) is 1. The molecule has 0 atom stereocenters. The molecule has 3 heterocycles. The molecule has 0 N–H and O–H groups in total. The fraction of sp³-hybridized carbons (Fsp3) is 0.158. The van der Waals surface area contributed by atoms with E-state index < -0.39 is 18.4 Å². The number of thiophene rings is 1. The van der Waals surface area contributed by atoms with E-state index in [1.165, 1.54) is 11.0 Å². The van der Waals surface area contributed by atoms with Gasteiger partial charge in [-0.05, 0) is 34.0 Å². The van der Waals surface area contributed by atoms with Crippen LogP contribution in [-0.2, 0) is 9.53 Å². The molecular weight excluding hydrogens is 406 g/mol. The van der Waals surface area contributed by atoms with Gasteiger partial charge in [-0.15, -0.1) is 16.4 Å². The third-order valence-electron chi connectivity index (χ3n) is 4.61. The van der Waals surface area contributed by atoms with Crippen molar-refractivity contribution in [1.82, 2.24) is 20.2 Å². The molecule has 0 fully saturated rings. The number of ether oxygens (including phenoxy) is 1. The van der Waals surface area contributed by atoms with Gasteiger partial charge in [-0.1, -0.05) is 12.1 Å². The standard InChI is InChI=1S/C19H15N7O3S/c1-24-13-5-3-4-6-14(13)25(2)18(24)12(9-20)16(27)10-29-19(28)17-15(7-8-30-17)26-11-21-22-23-26/h3-8,11H,10H2,1-2H3. The molecule has 3 aromatic rings. The summed E-state index contributed by atoms with van der Waals surface area (Å²) in [6.07, 6.45) is 1.35. The van der Waals surface area contributed by atoms with E-state index in [2.05, 4.69) is 15.5 Å². The molecule has 0 amide bonds. The molecule has 11 heteroatoms. The smallest absolute Gasteiger partial charge is 0.351 e. The number of esters is 1. The quantitative estimate of drug-likeness (QED) is 0.345. The second-order valence-corrected chi connectivity index (χ2v) is 7.22. The molecule has 1 aliphatic rings. The van der Waals surface area contributed by atoms with E-state index in [4.69, 9.17) is 4.74 Å². The lowest BCUT2D eigenvalue weighted by Gasteiger charge is -2.19. The van der Waals surface area contributed by atoms with Crippen LogP contribution in [0.3, 0.4) is 0 Å². The van der Waals surface area contributed by atoms with Crippen molar-refractivity contribution in [1.29, 1.82) is 5.26 Å². The van der Waals surface area contributed by atoms with Crippen molar-refractivity contribution in [2.24, 2.45) is 0 Å². The largest absolute Gasteiger partial charge is 0.453 e. The zero-order valence-corrected chi connectivity index (χ0v) is 16.8. The van der Waals surface area contributed by atoms with Crippen LogP contribution in [0.4, 0.5) is 11.4 Å². The Bertz CT molecular complexity index is 1160. The van der Waals surface area contributed by atoms with Gasteiger partial charge >= 0.3 is 5.97 Å². The number of ketones is 1. The van der Waals surface area contributed by atoms with Gasteiger partial charge in [-0.25, -0.2) is 4.79 Å². The van der Waals surface area contributed by atoms with Gasteiger partial charge in [-0.3, -0.25) is 4.79 Å². The van der Waals surface area contributed by atoms with Crippen LogP contribution in [0.15, 0.2) is 53.4 Å². The van der Waals surface area contributed by atoms with Crippen LogP contribution in [0.2, 0.25) is 0 Å². The van der Waals surface area contributed by atoms with Gasteiger partial charge < -0.3 is 14.5 Å². The lowest BCUT2D eigenvalue weighted by molar-refractivity contribution is -0.118. The molecule has 30 heavy (non-hydrogen) atoms. The maximum Gasteiger partial charge on any atom is 0.351 e. The molecule has 150 valence electrons. The Morgan fingerprint density at radius 1 is 1.13 bits per heavy atom. The Morgan fingerprint density at radius 3 is 2.43 bits per heavy atom. The summed E-state index contributed by atoms with van der Waals surface area (Å²) in [4.78, 5) is 29.0. The molecule has 0 aliphatic carbocycles. The maximum absolute atomic E-state index is 12.7. The third-order valence-corrected chi connectivity index (χ3v) is 5.50. The minimum Gasteiger partial charge on any atom is -0.453 e. The summed E-state index contributed by atoms with van der Waals surface area (Å²) in [6, 6.07) is 11.2. The number of fused-ring (bicyclic) bond motifs is 1. The normalized spacial score (nSPS) is 12.5. The van der Waals surface area contributed by atoms with E-state index in [-0.39, 0.29) is 10.5 Å². The number of aromatic nitrogens is 4. The Labute approximate surface area is 175 Å². The summed E-state index contributed by atoms with van der Waals surface area (Å²) in [5.74, 6) is -0.847. The van der Waals surface area contributed by atoms with Crippen LogP contribution < -0.4 is 9.80 Å². The van der Waals surface area contributed by atoms with E-state index in [0.717, 1.165) is 22.7 Å². The molecule has 1 aromatic carbocycles. The Hall–Kier alpha value is -4.04. The lowest BCUT2D eigenvalue weighted by Crippen LogP contribution is -2.27. The second-order valence-electron chi connectivity index (χ2n) is 6.31. The van der Waals surface area contributed by atoms with Crippen molar-refractivity contribution in [3.8, 4) is 11.8 Å². The van der Waals surface area contributed by atoms with Crippen molar-refractivity contribution in [2.75, 3.05) is 30.5 Å². The Morgan fingerprint density at radius 2 is 1.83 bits per heavy atom. The number of carbonyl (C=O) groups excluding carboxylic acids is 2. The number of hydrogen-bond donors (Lipinski definition) is 0. The highest BCUT2D eigenvalue weighted by Gasteiger charge is 2.31. The summed E-state index contributed by atoms with van der Waals surface area (Å²) >= 11 is 1.14. The molecular formula is C19H15N7O3S. The van der Waals surface area contributed by atoms with Gasteiger partial charge in [0.05, 0.1) is 17.1 Å². The molecule has 0 saturated carbocycles. The summed E-state index contributed by atoms with van der Waals surface area (Å²) in [7, 11) is 3.55. The van der Waals surface area contributed by atoms with Crippen molar-refractivity contribution < 1.29 is 14.3 Å². The summed E-state index contributed by atoms with van der Waals surface area (Å²) < 4.78 is 6.53. The summed E-state index contributed by atoms with van der Waals surface area (Å²) in [6.45, 7) is -0.559. The molecule has 2 aromatic heterocycles.